The molecule has 0 spiro atoms. The molecule has 1 aliphatic rings. The van der Waals surface area contributed by atoms with Crippen molar-refractivity contribution in [3.05, 3.63) is 52.9 Å². The summed E-state index contributed by atoms with van der Waals surface area (Å²) in [5.74, 6) is -0.892. The maximum Gasteiger partial charge on any atom is 0.413 e. The molecule has 0 unspecified atom stereocenters. The Morgan fingerprint density at radius 3 is 2.72 bits per heavy atom. The predicted molar refractivity (Wildman–Crippen MR) is 112 cm³/mol. The van der Waals surface area contributed by atoms with Crippen molar-refractivity contribution in [3.63, 3.8) is 0 Å². The minimum absolute atomic E-state index is 0.0836. The third-order valence-electron chi connectivity index (χ3n) is 5.46. The van der Waals surface area contributed by atoms with E-state index in [9.17, 15) is 18.0 Å². The lowest BCUT2D eigenvalue weighted by atomic mass is 10.0. The average Bonchev–Trinajstić information content (AvgIpc) is 3.14. The molecule has 2 aromatic heterocycles. The van der Waals surface area contributed by atoms with E-state index in [0.29, 0.717) is 27.9 Å². The summed E-state index contributed by atoms with van der Waals surface area (Å²) < 4.78 is 42.9. The number of amides is 1. The molecule has 0 saturated heterocycles. The van der Waals surface area contributed by atoms with E-state index in [1.54, 1.807) is 35.0 Å². The Labute approximate surface area is 186 Å². The van der Waals surface area contributed by atoms with Gasteiger partial charge in [0.25, 0.3) is 0 Å². The zero-order valence-corrected chi connectivity index (χ0v) is 17.7. The third kappa shape index (κ3) is 3.96. The summed E-state index contributed by atoms with van der Waals surface area (Å²) in [4.78, 5) is 18.9. The van der Waals surface area contributed by atoms with E-state index in [1.807, 2.05) is 4.90 Å². The number of aryl methyl sites for hydroxylation is 1. The van der Waals surface area contributed by atoms with Gasteiger partial charge >= 0.3 is 6.18 Å². The Morgan fingerprint density at radius 2 is 2.06 bits per heavy atom. The van der Waals surface area contributed by atoms with E-state index in [-0.39, 0.29) is 5.56 Å². The molecule has 0 saturated carbocycles. The zero-order chi connectivity index (χ0) is 23.0. The van der Waals surface area contributed by atoms with Crippen molar-refractivity contribution in [1.29, 1.82) is 5.26 Å². The Morgan fingerprint density at radius 1 is 1.34 bits per heavy atom. The van der Waals surface area contributed by atoms with Crippen LogP contribution in [0.25, 0.3) is 5.65 Å². The van der Waals surface area contributed by atoms with Gasteiger partial charge in [-0.05, 0) is 30.5 Å². The van der Waals surface area contributed by atoms with Gasteiger partial charge in [0.05, 0.1) is 23.6 Å². The highest BCUT2D eigenvalue weighted by Crippen LogP contribution is 2.39. The van der Waals surface area contributed by atoms with Gasteiger partial charge in [-0.25, -0.2) is 9.50 Å². The molecular weight excluding hydrogens is 445 g/mol. The van der Waals surface area contributed by atoms with Crippen LogP contribution in [-0.2, 0) is 11.2 Å². The van der Waals surface area contributed by atoms with Crippen LogP contribution in [0.15, 0.2) is 36.5 Å². The summed E-state index contributed by atoms with van der Waals surface area (Å²) in [5.41, 5.74) is 2.97. The molecule has 11 heteroatoms. The number of hydrogen-bond donors (Lipinski definition) is 0. The molecule has 4 rings (SSSR count). The van der Waals surface area contributed by atoms with Crippen LogP contribution in [0.3, 0.4) is 0 Å². The monoisotopic (exact) mass is 462 g/mol. The first kappa shape index (κ1) is 21.9. The molecular formula is C21H18ClF3N6O. The maximum absolute atomic E-state index is 13.7. The van der Waals surface area contributed by atoms with Crippen molar-refractivity contribution in [1.82, 2.24) is 19.5 Å². The number of hydrogen-bond acceptors (Lipinski definition) is 5. The number of nitrogens with zero attached hydrogens (tertiary/aromatic N) is 6. The van der Waals surface area contributed by atoms with Gasteiger partial charge in [-0.1, -0.05) is 23.7 Å². The van der Waals surface area contributed by atoms with E-state index >= 15 is 0 Å². The van der Waals surface area contributed by atoms with Crippen molar-refractivity contribution in [2.75, 3.05) is 18.5 Å². The van der Waals surface area contributed by atoms with Gasteiger partial charge < -0.3 is 9.80 Å². The van der Waals surface area contributed by atoms with Crippen LogP contribution in [0.4, 0.5) is 24.5 Å². The van der Waals surface area contributed by atoms with Crippen molar-refractivity contribution in [3.8, 4) is 6.07 Å². The van der Waals surface area contributed by atoms with Crippen LogP contribution in [0.1, 0.15) is 30.1 Å². The number of nitriles is 1. The highest BCUT2D eigenvalue weighted by Gasteiger charge is 2.45. The van der Waals surface area contributed by atoms with E-state index < -0.39 is 24.5 Å². The number of benzene rings is 1. The lowest BCUT2D eigenvalue weighted by Crippen LogP contribution is -2.39. The first-order chi connectivity index (χ1) is 15.2. The summed E-state index contributed by atoms with van der Waals surface area (Å²) in [6.45, 7) is 0.664. The molecule has 1 aliphatic heterocycles. The van der Waals surface area contributed by atoms with Crippen LogP contribution in [-0.4, -0.2) is 45.2 Å². The van der Waals surface area contributed by atoms with Gasteiger partial charge in [0.15, 0.2) is 16.8 Å². The van der Waals surface area contributed by atoms with Crippen molar-refractivity contribution in [2.45, 2.75) is 31.5 Å². The first-order valence-electron chi connectivity index (χ1n) is 9.80. The molecule has 0 fully saturated rings. The molecule has 166 valence electrons. The number of anilines is 2. The second-order valence-electron chi connectivity index (χ2n) is 7.46. The number of alkyl halides is 3. The second kappa shape index (κ2) is 8.31. The van der Waals surface area contributed by atoms with Crippen LogP contribution >= 0.6 is 11.6 Å². The smallest absolute Gasteiger partial charge is 0.339 e. The summed E-state index contributed by atoms with van der Waals surface area (Å²) in [6.07, 6.45) is -2.01. The van der Waals surface area contributed by atoms with Crippen LogP contribution in [0.5, 0.6) is 0 Å². The third-order valence-corrected chi connectivity index (χ3v) is 5.64. The molecule has 32 heavy (non-hydrogen) atoms. The van der Waals surface area contributed by atoms with E-state index in [0.717, 1.165) is 31.3 Å². The molecule has 3 heterocycles. The van der Waals surface area contributed by atoms with Crippen LogP contribution in [0, 0.1) is 11.3 Å². The standard InChI is InChI=1S/C21H18ClF3N6O/c1-29(19(32)8-9-26)20(21(23,24)25)13-4-6-14(7-5-13)30-10-2-3-15-16(30)12-27-18-11-17(22)28-31(15)18/h4-7,11-12,20H,2-3,8,10H2,1H3/t20-/m0/s1. The number of carbonyl (C=O) groups excluding carboxylic acids is 1. The number of fused-ring (bicyclic) bond motifs is 3. The largest absolute Gasteiger partial charge is 0.413 e. The SMILES string of the molecule is CN(C(=O)CC#N)[C@@H](c1ccc(N2CCCc3c2cnc2cc(Cl)nn32)cc1)C(F)(F)F. The Hall–Kier alpha value is -3.32. The molecule has 7 nitrogen and oxygen atoms in total. The highest BCUT2D eigenvalue weighted by molar-refractivity contribution is 6.29. The minimum Gasteiger partial charge on any atom is -0.339 e. The van der Waals surface area contributed by atoms with E-state index in [2.05, 4.69) is 10.1 Å². The van der Waals surface area contributed by atoms with Gasteiger partial charge in [0, 0.05) is 25.3 Å². The maximum atomic E-state index is 13.7. The summed E-state index contributed by atoms with van der Waals surface area (Å²) in [7, 11) is 1.05. The van der Waals surface area contributed by atoms with Gasteiger partial charge in [-0.15, -0.1) is 0 Å². The van der Waals surface area contributed by atoms with Crippen LogP contribution < -0.4 is 4.90 Å². The predicted octanol–water partition coefficient (Wildman–Crippen LogP) is 4.44. The fraction of sp³-hybridized carbons (Fsp3) is 0.333. The van der Waals surface area contributed by atoms with Gasteiger partial charge in [-0.2, -0.15) is 23.5 Å². The summed E-state index contributed by atoms with van der Waals surface area (Å²) in [5, 5.41) is 13.3. The molecule has 0 radical (unpaired) electrons. The van der Waals surface area contributed by atoms with E-state index in [4.69, 9.17) is 16.9 Å². The lowest BCUT2D eigenvalue weighted by Gasteiger charge is -2.32. The Kier molecular flexibility index (Phi) is 5.69. The minimum atomic E-state index is -4.69. The number of rotatable bonds is 4. The van der Waals surface area contributed by atoms with E-state index in [1.165, 1.54) is 12.1 Å². The second-order valence-corrected chi connectivity index (χ2v) is 7.84. The van der Waals surface area contributed by atoms with Gasteiger partial charge in [0.1, 0.15) is 6.42 Å². The van der Waals surface area contributed by atoms with Crippen molar-refractivity contribution >= 4 is 34.5 Å². The van der Waals surface area contributed by atoms with Gasteiger partial charge in [-0.3, -0.25) is 4.79 Å². The molecule has 0 bridgehead atoms. The number of aromatic nitrogens is 3. The topological polar surface area (TPSA) is 77.5 Å². The van der Waals surface area contributed by atoms with Crippen molar-refractivity contribution in [2.24, 2.45) is 0 Å². The molecule has 1 amide bonds. The Balaban J connectivity index is 1.68. The summed E-state index contributed by atoms with van der Waals surface area (Å²) in [6, 6.07) is 7.01. The number of halogens is 4. The molecule has 1 aromatic carbocycles. The van der Waals surface area contributed by atoms with Gasteiger partial charge in [0.2, 0.25) is 5.91 Å². The van der Waals surface area contributed by atoms with Crippen LogP contribution in [0.2, 0.25) is 5.15 Å². The molecule has 0 N–H and O–H groups in total. The number of carbonyl (C=O) groups is 1. The normalized spacial score (nSPS) is 14.7. The molecule has 1 atom stereocenters. The zero-order valence-electron chi connectivity index (χ0n) is 17.0. The fourth-order valence-corrected chi connectivity index (χ4v) is 4.18. The highest BCUT2D eigenvalue weighted by atomic mass is 35.5. The molecule has 0 aliphatic carbocycles. The average molecular weight is 463 g/mol. The molecule has 3 aromatic rings. The van der Waals surface area contributed by atoms with Crippen molar-refractivity contribution < 1.29 is 18.0 Å². The quantitative estimate of drug-likeness (QED) is 0.572. The Bertz CT molecular complexity index is 1200. The first-order valence-corrected chi connectivity index (χ1v) is 10.2. The summed E-state index contributed by atoms with van der Waals surface area (Å²) >= 11 is 6.01. The fourth-order valence-electron chi connectivity index (χ4n) is 4.00. The lowest BCUT2D eigenvalue weighted by molar-refractivity contribution is -0.188.